The lowest BCUT2D eigenvalue weighted by molar-refractivity contribution is -0.126. The summed E-state index contributed by atoms with van der Waals surface area (Å²) in [6.45, 7) is 5.49. The molecule has 1 saturated heterocycles. The number of halogens is 2. The van der Waals surface area contributed by atoms with Crippen molar-refractivity contribution in [2.75, 3.05) is 38.2 Å². The van der Waals surface area contributed by atoms with Crippen LogP contribution in [0, 0.1) is 5.82 Å². The number of carbonyl (C=O) groups is 1. The number of aromatic nitrogens is 6. The highest BCUT2D eigenvalue weighted by molar-refractivity contribution is 6.33. The van der Waals surface area contributed by atoms with Crippen LogP contribution in [-0.4, -0.2) is 74.2 Å². The number of methoxy groups -OCH3 is 1. The molecular weight excluding hydrogens is 555 g/mol. The van der Waals surface area contributed by atoms with Gasteiger partial charge in [0.1, 0.15) is 22.2 Å². The van der Waals surface area contributed by atoms with Gasteiger partial charge in [-0.05, 0) is 24.3 Å². The summed E-state index contributed by atoms with van der Waals surface area (Å²) in [7, 11) is 1.47. The van der Waals surface area contributed by atoms with E-state index in [4.69, 9.17) is 30.8 Å². The van der Waals surface area contributed by atoms with Crippen LogP contribution in [0.4, 0.5) is 10.2 Å². The lowest BCUT2D eigenvalue weighted by atomic mass is 10.2. The van der Waals surface area contributed by atoms with Crippen LogP contribution in [-0.2, 0) is 4.79 Å². The molecule has 12 nitrogen and oxygen atoms in total. The van der Waals surface area contributed by atoms with Gasteiger partial charge in [-0.3, -0.25) is 9.89 Å². The largest absolute Gasteiger partial charge is 0.478 e. The van der Waals surface area contributed by atoms with Gasteiger partial charge in [0.2, 0.25) is 11.8 Å². The number of pyridine rings is 2. The van der Waals surface area contributed by atoms with Crippen LogP contribution >= 0.6 is 11.6 Å². The molecule has 5 aromatic rings. The summed E-state index contributed by atoms with van der Waals surface area (Å²) in [5.74, 6) is 0.320. The molecule has 208 valence electrons. The summed E-state index contributed by atoms with van der Waals surface area (Å²) in [5, 5.41) is 7.51. The number of H-pyrrole nitrogens is 1. The predicted molar refractivity (Wildman–Crippen MR) is 148 cm³/mol. The van der Waals surface area contributed by atoms with Crippen molar-refractivity contribution in [2.45, 2.75) is 0 Å². The van der Waals surface area contributed by atoms with E-state index in [0.29, 0.717) is 54.0 Å². The van der Waals surface area contributed by atoms with Gasteiger partial charge in [-0.1, -0.05) is 18.2 Å². The van der Waals surface area contributed by atoms with E-state index in [2.05, 4.69) is 31.7 Å². The summed E-state index contributed by atoms with van der Waals surface area (Å²) in [4.78, 5) is 33.7. The monoisotopic (exact) mass is 576 g/mol. The minimum Gasteiger partial charge on any atom is -0.478 e. The number of aromatic amines is 1. The van der Waals surface area contributed by atoms with Gasteiger partial charge in [0.05, 0.1) is 29.6 Å². The molecule has 0 spiro atoms. The minimum atomic E-state index is -0.686. The zero-order chi connectivity index (χ0) is 28.5. The van der Waals surface area contributed by atoms with Crippen LogP contribution < -0.4 is 19.1 Å². The third kappa shape index (κ3) is 4.91. The molecule has 1 aromatic carbocycles. The Morgan fingerprint density at radius 3 is 2.68 bits per heavy atom. The lowest BCUT2D eigenvalue weighted by Gasteiger charge is -2.35. The number of hydrogen-bond acceptors (Lipinski definition) is 10. The smallest absolute Gasteiger partial charge is 0.324 e. The Bertz CT molecular complexity index is 1790. The number of piperazine rings is 1. The first-order valence-electron chi connectivity index (χ1n) is 12.5. The number of benzene rings is 1. The number of nitrogens with zero attached hydrogens (tertiary/aromatic N) is 7. The summed E-state index contributed by atoms with van der Waals surface area (Å²) in [6, 6.07) is 6.31. The molecule has 41 heavy (non-hydrogen) atoms. The molecule has 0 aliphatic carbocycles. The SMILES string of the molecule is C=CC(=O)N1CCN(c2nc(Oc3cccnc3OC)nc3c(Oc4c(Cl)c(F)cc5[nH]ncc45)nccc23)CC1. The highest BCUT2D eigenvalue weighted by Gasteiger charge is 2.26. The number of fused-ring (bicyclic) bond motifs is 2. The first-order chi connectivity index (χ1) is 20.0. The van der Waals surface area contributed by atoms with Crippen molar-refractivity contribution in [3.8, 4) is 29.3 Å². The van der Waals surface area contributed by atoms with Crippen molar-refractivity contribution >= 4 is 45.1 Å². The Labute approximate surface area is 237 Å². The predicted octanol–water partition coefficient (Wildman–Crippen LogP) is 4.52. The van der Waals surface area contributed by atoms with E-state index in [-0.39, 0.29) is 40.0 Å². The zero-order valence-corrected chi connectivity index (χ0v) is 22.4. The second-order valence-corrected chi connectivity index (χ2v) is 9.28. The number of rotatable bonds is 7. The molecule has 14 heteroatoms. The van der Waals surface area contributed by atoms with Gasteiger partial charge in [-0.25, -0.2) is 14.4 Å². The van der Waals surface area contributed by atoms with Crippen LogP contribution in [0.1, 0.15) is 0 Å². The number of amides is 1. The maximum atomic E-state index is 14.6. The molecule has 0 atom stereocenters. The summed E-state index contributed by atoms with van der Waals surface area (Å²) in [6.07, 6.45) is 5.88. The van der Waals surface area contributed by atoms with Crippen LogP contribution in [0.25, 0.3) is 21.8 Å². The Morgan fingerprint density at radius 2 is 1.90 bits per heavy atom. The van der Waals surface area contributed by atoms with Gasteiger partial charge in [0.15, 0.2) is 11.5 Å². The van der Waals surface area contributed by atoms with E-state index in [9.17, 15) is 9.18 Å². The van der Waals surface area contributed by atoms with Crippen molar-refractivity contribution < 1.29 is 23.4 Å². The van der Waals surface area contributed by atoms with E-state index in [0.717, 1.165) is 0 Å². The molecule has 0 saturated carbocycles. The molecule has 1 fully saturated rings. The van der Waals surface area contributed by atoms with Gasteiger partial charge in [-0.15, -0.1) is 0 Å². The van der Waals surface area contributed by atoms with Crippen LogP contribution in [0.15, 0.2) is 55.5 Å². The van der Waals surface area contributed by atoms with Crippen molar-refractivity contribution in [2.24, 2.45) is 0 Å². The highest BCUT2D eigenvalue weighted by atomic mass is 35.5. The number of nitrogens with one attached hydrogen (secondary N) is 1. The molecule has 1 N–H and O–H groups in total. The molecule has 1 aliphatic rings. The van der Waals surface area contributed by atoms with Crippen LogP contribution in [0.5, 0.6) is 29.3 Å². The normalized spacial score (nSPS) is 13.4. The van der Waals surface area contributed by atoms with E-state index in [1.807, 2.05) is 4.90 Å². The van der Waals surface area contributed by atoms with E-state index in [1.165, 1.54) is 31.6 Å². The fourth-order valence-corrected chi connectivity index (χ4v) is 4.72. The number of ether oxygens (including phenoxy) is 3. The molecule has 4 aromatic heterocycles. The fourth-order valence-electron chi connectivity index (χ4n) is 4.53. The average Bonchev–Trinajstić information content (AvgIpc) is 3.47. The molecule has 0 bridgehead atoms. The Balaban J connectivity index is 1.47. The van der Waals surface area contributed by atoms with Gasteiger partial charge in [0, 0.05) is 44.6 Å². The fraction of sp³-hybridized carbons (Fsp3) is 0.185. The molecule has 1 aliphatic heterocycles. The topological polar surface area (TPSA) is 131 Å². The summed E-state index contributed by atoms with van der Waals surface area (Å²) < 4.78 is 32.1. The standard InChI is InChI=1S/C27H22ClFN8O4/c1-3-20(38)36-9-11-37(12-10-36)24-15-6-8-31-26(41-23-16-14-32-35-18(16)13-17(29)21(23)28)22(15)33-27(34-24)40-19-5-4-7-30-25(19)39-2/h3-8,13-14H,1,9-12H2,2H3,(H,32,35). The van der Waals surface area contributed by atoms with Crippen molar-refractivity contribution in [3.63, 3.8) is 0 Å². The summed E-state index contributed by atoms with van der Waals surface area (Å²) in [5.41, 5.74) is 0.689. The first-order valence-corrected chi connectivity index (χ1v) is 12.8. The molecule has 1 amide bonds. The number of hydrogen-bond donors (Lipinski definition) is 1. The molecule has 5 heterocycles. The van der Waals surface area contributed by atoms with Gasteiger partial charge in [-0.2, -0.15) is 15.1 Å². The first kappa shape index (κ1) is 26.2. The number of anilines is 1. The maximum Gasteiger partial charge on any atom is 0.324 e. The van der Waals surface area contributed by atoms with Gasteiger partial charge in [0.25, 0.3) is 5.88 Å². The van der Waals surface area contributed by atoms with E-state index in [1.54, 1.807) is 29.3 Å². The minimum absolute atomic E-state index is 0.0277. The Morgan fingerprint density at radius 1 is 1.10 bits per heavy atom. The highest BCUT2D eigenvalue weighted by Crippen LogP contribution is 2.40. The molecule has 6 rings (SSSR count). The maximum absolute atomic E-state index is 14.6. The zero-order valence-electron chi connectivity index (χ0n) is 21.7. The van der Waals surface area contributed by atoms with Crippen molar-refractivity contribution in [1.29, 1.82) is 0 Å². The van der Waals surface area contributed by atoms with Crippen molar-refractivity contribution in [1.82, 2.24) is 35.0 Å². The molecule has 0 unspecified atom stereocenters. The lowest BCUT2D eigenvalue weighted by Crippen LogP contribution is -2.48. The Kier molecular flexibility index (Phi) is 6.93. The van der Waals surface area contributed by atoms with Gasteiger partial charge >= 0.3 is 6.01 Å². The van der Waals surface area contributed by atoms with Crippen LogP contribution in [0.2, 0.25) is 5.02 Å². The van der Waals surface area contributed by atoms with E-state index < -0.39 is 5.82 Å². The second-order valence-electron chi connectivity index (χ2n) is 8.91. The van der Waals surface area contributed by atoms with Crippen LogP contribution in [0.3, 0.4) is 0 Å². The third-order valence-electron chi connectivity index (χ3n) is 6.53. The summed E-state index contributed by atoms with van der Waals surface area (Å²) >= 11 is 6.31. The van der Waals surface area contributed by atoms with Crippen molar-refractivity contribution in [3.05, 3.63) is 66.4 Å². The number of carbonyl (C=O) groups excluding carboxylic acids is 1. The quantitative estimate of drug-likeness (QED) is 0.276. The average molecular weight is 577 g/mol. The molecule has 0 radical (unpaired) electrons. The second kappa shape index (κ2) is 10.8. The Hall–Kier alpha value is -5.04. The third-order valence-corrected chi connectivity index (χ3v) is 6.88. The molecular formula is C27H22ClFN8O4. The van der Waals surface area contributed by atoms with E-state index >= 15 is 0 Å². The van der Waals surface area contributed by atoms with Gasteiger partial charge < -0.3 is 24.0 Å².